The number of anilines is 2. The summed E-state index contributed by atoms with van der Waals surface area (Å²) in [5.41, 5.74) is 1.44. The summed E-state index contributed by atoms with van der Waals surface area (Å²) in [7, 11) is 0. The van der Waals surface area contributed by atoms with Crippen LogP contribution in [0.2, 0.25) is 0 Å². The van der Waals surface area contributed by atoms with Gasteiger partial charge in [-0.1, -0.05) is 30.0 Å². The first-order valence-electron chi connectivity index (χ1n) is 10.3. The average Bonchev–Trinajstić information content (AvgIpc) is 3.24. The second-order valence-corrected chi connectivity index (χ2v) is 8.18. The molecule has 1 saturated heterocycles. The number of amides is 1. The van der Waals surface area contributed by atoms with Gasteiger partial charge in [0.1, 0.15) is 5.75 Å². The van der Waals surface area contributed by atoms with Crippen LogP contribution in [-0.4, -0.2) is 46.1 Å². The number of nitrogens with zero attached hydrogens (tertiary/aromatic N) is 4. The third kappa shape index (κ3) is 5.56. The Bertz CT molecular complexity index is 1020. The Balaban J connectivity index is 1.44. The van der Waals surface area contributed by atoms with Crippen molar-refractivity contribution in [3.8, 4) is 11.4 Å². The minimum atomic E-state index is -2.89. The van der Waals surface area contributed by atoms with Gasteiger partial charge in [-0.15, -0.1) is 10.2 Å². The van der Waals surface area contributed by atoms with Gasteiger partial charge in [0.15, 0.2) is 5.16 Å². The zero-order valence-electron chi connectivity index (χ0n) is 17.3. The summed E-state index contributed by atoms with van der Waals surface area (Å²) in [5.74, 6) is 0.710. The second-order valence-electron chi connectivity index (χ2n) is 7.24. The Morgan fingerprint density at radius 2 is 1.75 bits per heavy atom. The highest BCUT2D eigenvalue weighted by atomic mass is 32.2. The molecule has 1 fully saturated rings. The Kier molecular flexibility index (Phi) is 7.21. The lowest BCUT2D eigenvalue weighted by atomic mass is 10.1. The van der Waals surface area contributed by atoms with Gasteiger partial charge in [-0.2, -0.15) is 8.78 Å². The van der Waals surface area contributed by atoms with Gasteiger partial charge in [-0.3, -0.25) is 9.36 Å². The van der Waals surface area contributed by atoms with Gasteiger partial charge in [0.25, 0.3) is 0 Å². The summed E-state index contributed by atoms with van der Waals surface area (Å²) in [4.78, 5) is 14.7. The van der Waals surface area contributed by atoms with Crippen LogP contribution in [0.15, 0.2) is 59.8 Å². The molecule has 1 amide bonds. The van der Waals surface area contributed by atoms with E-state index in [0.717, 1.165) is 37.6 Å². The number of rotatable bonds is 8. The van der Waals surface area contributed by atoms with Gasteiger partial charge in [0.2, 0.25) is 11.9 Å². The molecule has 0 aliphatic carbocycles. The van der Waals surface area contributed by atoms with Crippen molar-refractivity contribution in [3.63, 3.8) is 0 Å². The van der Waals surface area contributed by atoms with E-state index in [1.165, 1.54) is 42.4 Å². The number of ether oxygens (including phenoxy) is 1. The standard InChI is InChI=1S/C22H23F2N5O2S/c23-20(24)31-18-11-9-16(10-12-18)25-19(30)15-32-22-27-26-21(28-13-5-2-6-14-28)29(22)17-7-3-1-4-8-17/h1,3-4,7-12,20H,2,5-6,13-15H2,(H,25,30). The average molecular weight is 460 g/mol. The number of carbonyl (C=O) groups is 1. The lowest BCUT2D eigenvalue weighted by Gasteiger charge is -2.27. The molecule has 1 aliphatic rings. The first-order chi connectivity index (χ1) is 15.6. The number of hydrogen-bond acceptors (Lipinski definition) is 6. The highest BCUT2D eigenvalue weighted by molar-refractivity contribution is 7.99. The summed E-state index contributed by atoms with van der Waals surface area (Å²) in [6.45, 7) is -1.02. The fourth-order valence-corrected chi connectivity index (χ4v) is 4.25. The third-order valence-electron chi connectivity index (χ3n) is 4.97. The van der Waals surface area contributed by atoms with Gasteiger partial charge >= 0.3 is 6.61 Å². The Morgan fingerprint density at radius 1 is 1.03 bits per heavy atom. The number of thioether (sulfide) groups is 1. The van der Waals surface area contributed by atoms with E-state index < -0.39 is 6.61 Å². The molecule has 32 heavy (non-hydrogen) atoms. The minimum Gasteiger partial charge on any atom is -0.435 e. The quantitative estimate of drug-likeness (QED) is 0.497. The van der Waals surface area contributed by atoms with Crippen molar-refractivity contribution in [3.05, 3.63) is 54.6 Å². The Labute approximate surface area is 188 Å². The molecule has 168 valence electrons. The number of halogens is 2. The van der Waals surface area contributed by atoms with E-state index in [9.17, 15) is 13.6 Å². The number of alkyl halides is 2. The Hall–Kier alpha value is -3.14. The predicted molar refractivity (Wildman–Crippen MR) is 120 cm³/mol. The molecule has 7 nitrogen and oxygen atoms in total. The van der Waals surface area contributed by atoms with Gasteiger partial charge in [0.05, 0.1) is 11.4 Å². The van der Waals surface area contributed by atoms with Crippen LogP contribution < -0.4 is 15.0 Å². The largest absolute Gasteiger partial charge is 0.435 e. The van der Waals surface area contributed by atoms with E-state index in [4.69, 9.17) is 0 Å². The molecule has 0 atom stereocenters. The molecule has 0 unspecified atom stereocenters. The fourth-order valence-electron chi connectivity index (χ4n) is 3.50. The maximum Gasteiger partial charge on any atom is 0.387 e. The maximum atomic E-state index is 12.5. The molecule has 0 spiro atoms. The van der Waals surface area contributed by atoms with Crippen molar-refractivity contribution in [1.82, 2.24) is 14.8 Å². The molecule has 0 bridgehead atoms. The van der Waals surface area contributed by atoms with Crippen LogP contribution in [-0.2, 0) is 4.79 Å². The number of hydrogen-bond donors (Lipinski definition) is 1. The van der Waals surface area contributed by atoms with E-state index in [1.807, 2.05) is 34.9 Å². The summed E-state index contributed by atoms with van der Waals surface area (Å²) in [5, 5.41) is 12.2. The number of aromatic nitrogens is 3. The molecule has 0 saturated carbocycles. The fraction of sp³-hybridized carbons (Fsp3) is 0.318. The highest BCUT2D eigenvalue weighted by Crippen LogP contribution is 2.28. The SMILES string of the molecule is O=C(CSc1nnc(N2CCCCC2)n1-c1ccccc1)Nc1ccc(OC(F)F)cc1. The van der Waals surface area contributed by atoms with Crippen molar-refractivity contribution < 1.29 is 18.3 Å². The number of para-hydroxylation sites is 1. The maximum absolute atomic E-state index is 12.5. The van der Waals surface area contributed by atoms with Gasteiger partial charge < -0.3 is 15.0 Å². The van der Waals surface area contributed by atoms with E-state index in [0.29, 0.717) is 10.8 Å². The second kappa shape index (κ2) is 10.4. The summed E-state index contributed by atoms with van der Waals surface area (Å²) in [6, 6.07) is 15.6. The van der Waals surface area contributed by atoms with Crippen LogP contribution in [0, 0.1) is 0 Å². The molecule has 1 aromatic heterocycles. The van der Waals surface area contributed by atoms with Crippen molar-refractivity contribution >= 4 is 29.3 Å². The smallest absolute Gasteiger partial charge is 0.387 e. The van der Waals surface area contributed by atoms with Gasteiger partial charge in [-0.25, -0.2) is 0 Å². The Morgan fingerprint density at radius 3 is 2.44 bits per heavy atom. The normalized spacial score (nSPS) is 13.9. The molecule has 4 rings (SSSR count). The molecule has 1 aliphatic heterocycles. The van der Waals surface area contributed by atoms with Crippen LogP contribution >= 0.6 is 11.8 Å². The summed E-state index contributed by atoms with van der Waals surface area (Å²) >= 11 is 1.29. The van der Waals surface area contributed by atoms with Crippen molar-refractivity contribution in [2.45, 2.75) is 31.0 Å². The van der Waals surface area contributed by atoms with Crippen molar-refractivity contribution in [2.75, 3.05) is 29.1 Å². The van der Waals surface area contributed by atoms with Crippen molar-refractivity contribution in [2.24, 2.45) is 0 Å². The number of piperidine rings is 1. The molecular formula is C22H23F2N5O2S. The van der Waals surface area contributed by atoms with E-state index in [1.54, 1.807) is 0 Å². The first-order valence-corrected chi connectivity index (χ1v) is 11.3. The van der Waals surface area contributed by atoms with Crippen LogP contribution in [0.4, 0.5) is 20.4 Å². The van der Waals surface area contributed by atoms with Crippen LogP contribution in [0.25, 0.3) is 5.69 Å². The molecular weight excluding hydrogens is 436 g/mol. The van der Waals surface area contributed by atoms with Crippen LogP contribution in [0.5, 0.6) is 5.75 Å². The summed E-state index contributed by atoms with van der Waals surface area (Å²) < 4.78 is 30.8. The lowest BCUT2D eigenvalue weighted by molar-refractivity contribution is -0.113. The van der Waals surface area contributed by atoms with Crippen LogP contribution in [0.3, 0.4) is 0 Å². The molecule has 10 heteroatoms. The first kappa shape index (κ1) is 22.1. The van der Waals surface area contributed by atoms with E-state index >= 15 is 0 Å². The van der Waals surface area contributed by atoms with Crippen molar-refractivity contribution in [1.29, 1.82) is 0 Å². The third-order valence-corrected chi connectivity index (χ3v) is 5.89. The topological polar surface area (TPSA) is 72.3 Å². The molecule has 3 aromatic rings. The van der Waals surface area contributed by atoms with Crippen LogP contribution in [0.1, 0.15) is 19.3 Å². The monoisotopic (exact) mass is 459 g/mol. The van der Waals surface area contributed by atoms with E-state index in [-0.39, 0.29) is 17.4 Å². The zero-order chi connectivity index (χ0) is 22.3. The van der Waals surface area contributed by atoms with E-state index in [2.05, 4.69) is 25.2 Å². The van der Waals surface area contributed by atoms with Gasteiger partial charge in [0, 0.05) is 18.8 Å². The predicted octanol–water partition coefficient (Wildman–Crippen LogP) is 4.59. The molecule has 2 heterocycles. The number of nitrogens with one attached hydrogen (secondary N) is 1. The van der Waals surface area contributed by atoms with Gasteiger partial charge in [-0.05, 0) is 55.7 Å². The lowest BCUT2D eigenvalue weighted by Crippen LogP contribution is -2.31. The number of benzene rings is 2. The highest BCUT2D eigenvalue weighted by Gasteiger charge is 2.22. The minimum absolute atomic E-state index is 0.0357. The number of carbonyl (C=O) groups excluding carboxylic acids is 1. The molecule has 0 radical (unpaired) electrons. The zero-order valence-corrected chi connectivity index (χ0v) is 18.1. The molecule has 2 aromatic carbocycles. The molecule has 1 N–H and O–H groups in total. The summed E-state index contributed by atoms with van der Waals surface area (Å²) in [6.07, 6.45) is 3.45.